The zero-order valence-electron chi connectivity index (χ0n) is 4.49. The average molecular weight is 83.2 g/mol. The normalized spacial score (nSPS) is 12.2. The van der Waals surface area contributed by atoms with Gasteiger partial charge in [-0.2, -0.15) is 0 Å². The summed E-state index contributed by atoms with van der Waals surface area (Å²) in [5, 5.41) is 0. The van der Waals surface area contributed by atoms with Crippen molar-refractivity contribution in [1.82, 2.24) is 0 Å². The summed E-state index contributed by atoms with van der Waals surface area (Å²) < 4.78 is 0. The summed E-state index contributed by atoms with van der Waals surface area (Å²) in [6.07, 6.45) is 3.20. The van der Waals surface area contributed by atoms with E-state index < -0.39 is 0 Å². The Hall–Kier alpha value is -0.260. The van der Waals surface area contributed by atoms with E-state index in [-0.39, 0.29) is 0 Å². The fourth-order valence-corrected chi connectivity index (χ4v) is 0.348. The summed E-state index contributed by atoms with van der Waals surface area (Å²) in [7, 11) is 0. The van der Waals surface area contributed by atoms with E-state index in [1.807, 2.05) is 6.92 Å². The maximum absolute atomic E-state index is 3.69. The molecular weight excluding hydrogens is 72.1 g/mol. The molecule has 0 aromatic carbocycles. The summed E-state index contributed by atoms with van der Waals surface area (Å²) >= 11 is 0. The minimum atomic E-state index is 1.11. The molecule has 35 valence electrons. The Morgan fingerprint density at radius 1 is 1.83 bits per heavy atom. The van der Waals surface area contributed by atoms with Crippen LogP contribution in [-0.4, -0.2) is 0 Å². The van der Waals surface area contributed by atoms with Gasteiger partial charge in [0.05, 0.1) is 0 Å². The molecule has 0 fully saturated rings. The van der Waals surface area contributed by atoms with Crippen LogP contribution in [0.2, 0.25) is 0 Å². The minimum Gasteiger partial charge on any atom is -0.0859 e. The molecule has 0 aromatic heterocycles. The van der Waals surface area contributed by atoms with E-state index in [0.717, 1.165) is 12.0 Å². The van der Waals surface area contributed by atoms with Gasteiger partial charge in [-0.05, 0) is 20.3 Å². The lowest BCUT2D eigenvalue weighted by molar-refractivity contribution is 1.20. The quantitative estimate of drug-likeness (QED) is 0.455. The predicted molar refractivity (Wildman–Crippen MR) is 29.4 cm³/mol. The Morgan fingerprint density at radius 2 is 2.33 bits per heavy atom. The van der Waals surface area contributed by atoms with E-state index in [9.17, 15) is 0 Å². The highest BCUT2D eigenvalue weighted by atomic mass is 13.7. The summed E-state index contributed by atoms with van der Waals surface area (Å²) in [5.41, 5.74) is 1.16. The first-order chi connectivity index (χ1) is 2.77. The van der Waals surface area contributed by atoms with E-state index in [0.29, 0.717) is 0 Å². The highest BCUT2D eigenvalue weighted by Gasteiger charge is 1.67. The summed E-state index contributed by atoms with van der Waals surface area (Å²) in [6, 6.07) is 0. The van der Waals surface area contributed by atoms with Crippen LogP contribution in [0.15, 0.2) is 11.6 Å². The molecule has 0 atom stereocenters. The van der Waals surface area contributed by atoms with Crippen molar-refractivity contribution >= 4 is 0 Å². The van der Waals surface area contributed by atoms with Crippen molar-refractivity contribution in [1.29, 1.82) is 0 Å². The molecule has 6 heavy (non-hydrogen) atoms. The Morgan fingerprint density at radius 3 is 2.33 bits per heavy atom. The van der Waals surface area contributed by atoms with Gasteiger partial charge in [0, 0.05) is 0 Å². The number of hydrogen-bond acceptors (Lipinski definition) is 0. The number of rotatable bonds is 1. The Bertz CT molecular complexity index is 47.1. The van der Waals surface area contributed by atoms with Gasteiger partial charge in [0.25, 0.3) is 0 Å². The summed E-state index contributed by atoms with van der Waals surface area (Å²) in [4.78, 5) is 0. The third-order valence-corrected chi connectivity index (χ3v) is 0.553. The molecule has 0 heteroatoms. The third kappa shape index (κ3) is 3.74. The maximum atomic E-state index is 3.69. The monoisotopic (exact) mass is 83.1 g/mol. The van der Waals surface area contributed by atoms with Crippen LogP contribution in [0.4, 0.5) is 0 Å². The molecule has 0 nitrogen and oxygen atoms in total. The maximum Gasteiger partial charge on any atom is -0.0286 e. The highest BCUT2D eigenvalue weighted by Crippen LogP contribution is 1.88. The molecule has 0 aliphatic carbocycles. The van der Waals surface area contributed by atoms with Crippen LogP contribution in [0.3, 0.4) is 0 Å². The van der Waals surface area contributed by atoms with Crippen molar-refractivity contribution < 1.29 is 0 Å². The number of hydrogen-bond donors (Lipinski definition) is 0. The minimum absolute atomic E-state index is 1.11. The van der Waals surface area contributed by atoms with Gasteiger partial charge in [-0.3, -0.25) is 0 Å². The average Bonchev–Trinajstić information content (AvgIpc) is 1.35. The van der Waals surface area contributed by atoms with Crippen molar-refractivity contribution in [2.75, 3.05) is 0 Å². The predicted octanol–water partition coefficient (Wildman–Crippen LogP) is 2.18. The van der Waals surface area contributed by atoms with Crippen molar-refractivity contribution in [3.63, 3.8) is 0 Å². The van der Waals surface area contributed by atoms with E-state index in [1.165, 1.54) is 0 Å². The van der Waals surface area contributed by atoms with Crippen LogP contribution in [0, 0.1) is 6.92 Å². The molecule has 0 aromatic rings. The molecule has 0 unspecified atom stereocenters. The fraction of sp³-hybridized carbons (Fsp3) is 0.500. The lowest BCUT2D eigenvalue weighted by Crippen LogP contribution is -1.59. The molecule has 0 aliphatic heterocycles. The first-order valence-corrected chi connectivity index (χ1v) is 2.26. The largest absolute Gasteiger partial charge is 0.0859 e. The molecular formula is C6H11. The van der Waals surface area contributed by atoms with Crippen LogP contribution >= 0.6 is 0 Å². The molecule has 0 spiro atoms. The third-order valence-electron chi connectivity index (χ3n) is 0.553. The second-order valence-electron chi connectivity index (χ2n) is 1.46. The van der Waals surface area contributed by atoms with Crippen molar-refractivity contribution in [2.24, 2.45) is 0 Å². The van der Waals surface area contributed by atoms with E-state index in [2.05, 4.69) is 19.9 Å². The van der Waals surface area contributed by atoms with Crippen LogP contribution in [0.25, 0.3) is 0 Å². The lowest BCUT2D eigenvalue weighted by Gasteiger charge is -1.79. The van der Waals surface area contributed by atoms with Crippen LogP contribution in [-0.2, 0) is 0 Å². The molecule has 0 saturated carbocycles. The van der Waals surface area contributed by atoms with E-state index >= 15 is 0 Å². The van der Waals surface area contributed by atoms with Gasteiger partial charge in [0.1, 0.15) is 0 Å². The fourth-order valence-electron chi connectivity index (χ4n) is 0.348. The van der Waals surface area contributed by atoms with Gasteiger partial charge in [0.15, 0.2) is 0 Å². The van der Waals surface area contributed by atoms with Gasteiger partial charge in [0.2, 0.25) is 0 Å². The molecule has 0 heterocycles. The molecule has 0 amide bonds. The molecule has 0 bridgehead atoms. The zero-order chi connectivity index (χ0) is 4.99. The first-order valence-electron chi connectivity index (χ1n) is 2.26. The van der Waals surface area contributed by atoms with Gasteiger partial charge in [-0.15, -0.1) is 0 Å². The summed E-state index contributed by atoms with van der Waals surface area (Å²) in [5.74, 6) is 0. The SMILES string of the molecule is [CH2]/C(C)=C/CC. The van der Waals surface area contributed by atoms with Crippen molar-refractivity contribution in [2.45, 2.75) is 20.3 Å². The van der Waals surface area contributed by atoms with Crippen molar-refractivity contribution in [3.05, 3.63) is 18.6 Å². The van der Waals surface area contributed by atoms with Gasteiger partial charge >= 0.3 is 0 Å². The van der Waals surface area contributed by atoms with Crippen LogP contribution < -0.4 is 0 Å². The topological polar surface area (TPSA) is 0 Å². The molecule has 0 saturated heterocycles. The second-order valence-corrected chi connectivity index (χ2v) is 1.46. The van der Waals surface area contributed by atoms with E-state index in [1.54, 1.807) is 0 Å². The van der Waals surface area contributed by atoms with E-state index in [4.69, 9.17) is 0 Å². The van der Waals surface area contributed by atoms with Gasteiger partial charge < -0.3 is 0 Å². The molecule has 0 rings (SSSR count). The Kier molecular flexibility index (Phi) is 2.82. The van der Waals surface area contributed by atoms with Crippen LogP contribution in [0.1, 0.15) is 20.3 Å². The summed E-state index contributed by atoms with van der Waals surface area (Å²) in [6.45, 7) is 7.80. The van der Waals surface area contributed by atoms with Gasteiger partial charge in [-0.25, -0.2) is 0 Å². The zero-order valence-corrected chi connectivity index (χ0v) is 4.49. The molecule has 1 radical (unpaired) electrons. The van der Waals surface area contributed by atoms with Crippen molar-refractivity contribution in [3.8, 4) is 0 Å². The molecule has 0 aliphatic rings. The molecule has 0 N–H and O–H groups in total. The Labute approximate surface area is 39.9 Å². The smallest absolute Gasteiger partial charge is 0.0286 e. The standard InChI is InChI=1S/C6H11/c1-4-5-6(2)3/h5H,2,4H2,1,3H3/b6-5-. The Balaban J connectivity index is 3.14. The van der Waals surface area contributed by atoms with Crippen LogP contribution in [0.5, 0.6) is 0 Å². The first kappa shape index (κ1) is 5.74. The highest BCUT2D eigenvalue weighted by molar-refractivity contribution is 4.99. The lowest BCUT2D eigenvalue weighted by atomic mass is 10.3. The second kappa shape index (κ2) is 2.95. The van der Waals surface area contributed by atoms with Gasteiger partial charge in [-0.1, -0.05) is 18.6 Å². The number of allylic oxidation sites excluding steroid dienone is 2.